The second kappa shape index (κ2) is 35.5. The van der Waals surface area contributed by atoms with Crippen molar-refractivity contribution in [3.63, 3.8) is 0 Å². The Labute approximate surface area is 311 Å². The number of ether oxygens (including phenoxy) is 2. The van der Waals surface area contributed by atoms with E-state index in [2.05, 4.69) is 4.74 Å². The molecule has 0 aromatic rings. The minimum Gasteiger partial charge on any atom is -0.481 e. The number of esters is 2. The third-order valence-corrected chi connectivity index (χ3v) is 9.38. The summed E-state index contributed by atoms with van der Waals surface area (Å²) in [5.74, 6) is 0.0303. The predicted octanol–water partition coefficient (Wildman–Crippen LogP) is 9.55. The number of ketones is 2. The summed E-state index contributed by atoms with van der Waals surface area (Å²) in [5, 5.41) is 9.05. The summed E-state index contributed by atoms with van der Waals surface area (Å²) in [6.45, 7) is 21.5. The fourth-order valence-corrected chi connectivity index (χ4v) is 5.89. The summed E-state index contributed by atoms with van der Waals surface area (Å²) in [6, 6.07) is 0. The van der Waals surface area contributed by atoms with Gasteiger partial charge in [0.2, 0.25) is 0 Å². The highest BCUT2D eigenvalue weighted by atomic mass is 16.5. The molecule has 0 aliphatic heterocycles. The van der Waals surface area contributed by atoms with Crippen LogP contribution in [0.15, 0.2) is 0 Å². The fourth-order valence-electron chi connectivity index (χ4n) is 5.89. The minimum absolute atomic E-state index is 0.0231. The van der Waals surface area contributed by atoms with E-state index >= 15 is 0 Å². The van der Waals surface area contributed by atoms with E-state index in [-0.39, 0.29) is 59.7 Å². The summed E-state index contributed by atoms with van der Waals surface area (Å²) < 4.78 is 9.31. The number of carboxylic acid groups (broad SMARTS) is 1. The monoisotopic (exact) mass is 729 g/mol. The summed E-state index contributed by atoms with van der Waals surface area (Å²) in [5.41, 5.74) is 0. The second-order valence-corrected chi connectivity index (χ2v) is 14.1. The van der Waals surface area contributed by atoms with Crippen LogP contribution >= 0.6 is 0 Å². The van der Waals surface area contributed by atoms with Gasteiger partial charge >= 0.3 is 24.1 Å². The van der Waals surface area contributed by atoms with Crippen molar-refractivity contribution in [1.82, 2.24) is 0 Å². The van der Waals surface area contributed by atoms with Crippen LogP contribution in [0.5, 0.6) is 0 Å². The van der Waals surface area contributed by atoms with Gasteiger partial charge in [0.1, 0.15) is 11.6 Å². The summed E-state index contributed by atoms with van der Waals surface area (Å²) >= 11 is 0. The average Bonchev–Trinajstić information content (AvgIpc) is 3.11. The van der Waals surface area contributed by atoms with E-state index in [1.54, 1.807) is 0 Å². The number of carbonyl (C=O) groups excluding carboxylic acids is 6. The highest BCUT2D eigenvalue weighted by Gasteiger charge is 2.28. The lowest BCUT2D eigenvalue weighted by molar-refractivity contribution is -0.191. The van der Waals surface area contributed by atoms with Gasteiger partial charge < -0.3 is 14.6 Å². The van der Waals surface area contributed by atoms with Crippen LogP contribution in [-0.4, -0.2) is 55.0 Å². The molecule has 51 heavy (non-hydrogen) atoms. The molecular weight excluding hydrogens is 652 g/mol. The van der Waals surface area contributed by atoms with E-state index in [9.17, 15) is 24.0 Å². The first-order chi connectivity index (χ1) is 24.0. The maximum atomic E-state index is 12.0. The number of rotatable bonds is 14. The predicted molar refractivity (Wildman–Crippen MR) is 202 cm³/mol. The van der Waals surface area contributed by atoms with Gasteiger partial charge in [0.25, 0.3) is 0 Å². The van der Waals surface area contributed by atoms with Crippen LogP contribution in [-0.2, 0) is 43.0 Å². The van der Waals surface area contributed by atoms with Gasteiger partial charge in [-0.2, -0.15) is 9.59 Å². The number of carboxylic acids is 1. The zero-order chi connectivity index (χ0) is 40.5. The summed E-state index contributed by atoms with van der Waals surface area (Å²) in [6.07, 6.45) is 14.2. The maximum Gasteiger partial charge on any atom is 0.373 e. The van der Waals surface area contributed by atoms with Crippen LogP contribution in [0.3, 0.4) is 0 Å². The van der Waals surface area contributed by atoms with Gasteiger partial charge in [0, 0.05) is 25.7 Å². The standard InChI is InChI=1S/C15H26O3.C14H24O3.C7H14O2.2C2H6.CO2/c1-11(2)14(15(17)18-3)10-13(16)9-12-7-5-4-6-8-12;1-10(2)13(14(16)17)9-12(15)8-11-6-4-3-5-7-11;1-5(2)6(3)7(8)9-4;2*1-2;2-1-3/h11-12,14H,4-10H2,1-3H3;10-11,13H,3-9H2,1-2H3,(H,16,17);5-6H,1-4H3;2*1-2H3;/t14-;13-;6-;;;/m000.../s1. The maximum absolute atomic E-state index is 12.0. The molecule has 0 aromatic carbocycles. The number of hydrogen-bond acceptors (Lipinski definition) is 9. The minimum atomic E-state index is -0.836. The number of Topliss-reactive ketones (excluding diaryl/α,β-unsaturated/α-hetero) is 2. The van der Waals surface area contributed by atoms with Crippen molar-refractivity contribution in [2.75, 3.05) is 14.2 Å². The van der Waals surface area contributed by atoms with E-state index in [1.807, 2.05) is 76.2 Å². The third kappa shape index (κ3) is 29.4. The molecule has 0 bridgehead atoms. The van der Waals surface area contributed by atoms with Crippen molar-refractivity contribution in [3.05, 3.63) is 0 Å². The smallest absolute Gasteiger partial charge is 0.373 e. The van der Waals surface area contributed by atoms with Gasteiger partial charge in [-0.25, -0.2) is 0 Å². The van der Waals surface area contributed by atoms with Crippen LogP contribution in [0, 0.1) is 47.3 Å². The largest absolute Gasteiger partial charge is 0.481 e. The Bertz CT molecular complexity index is 938. The number of hydrogen-bond donors (Lipinski definition) is 1. The van der Waals surface area contributed by atoms with Crippen molar-refractivity contribution in [2.45, 2.75) is 166 Å². The lowest BCUT2D eigenvalue weighted by Crippen LogP contribution is -2.25. The highest BCUT2D eigenvalue weighted by molar-refractivity contribution is 5.85. The molecule has 0 amide bonds. The van der Waals surface area contributed by atoms with Crippen molar-refractivity contribution in [2.24, 2.45) is 47.3 Å². The van der Waals surface area contributed by atoms with Crippen LogP contribution in [0.25, 0.3) is 0 Å². The molecule has 10 nitrogen and oxygen atoms in total. The molecule has 2 aliphatic carbocycles. The van der Waals surface area contributed by atoms with Crippen molar-refractivity contribution < 1.29 is 48.1 Å². The first kappa shape index (κ1) is 54.9. The molecule has 2 saturated carbocycles. The lowest BCUT2D eigenvalue weighted by atomic mass is 9.83. The Morgan fingerprint density at radius 2 is 0.882 bits per heavy atom. The quantitative estimate of drug-likeness (QED) is 0.171. The van der Waals surface area contributed by atoms with Gasteiger partial charge in [-0.3, -0.25) is 24.0 Å². The summed E-state index contributed by atoms with van der Waals surface area (Å²) in [4.78, 5) is 73.5. The molecular formula is C41H76O10. The fraction of sp³-hybridized carbons (Fsp3) is 0.854. The molecule has 2 fully saturated rings. The van der Waals surface area contributed by atoms with Gasteiger partial charge in [-0.1, -0.05) is 140 Å². The lowest BCUT2D eigenvalue weighted by Gasteiger charge is -2.22. The van der Waals surface area contributed by atoms with Crippen molar-refractivity contribution in [3.8, 4) is 0 Å². The van der Waals surface area contributed by atoms with Gasteiger partial charge in [0.15, 0.2) is 0 Å². The van der Waals surface area contributed by atoms with Crippen LogP contribution in [0.1, 0.15) is 166 Å². The van der Waals surface area contributed by atoms with E-state index in [0.717, 1.165) is 12.8 Å². The van der Waals surface area contributed by atoms with E-state index < -0.39 is 11.9 Å². The van der Waals surface area contributed by atoms with Gasteiger partial charge in [0.05, 0.1) is 32.0 Å². The molecule has 3 atom stereocenters. The molecule has 10 heteroatoms. The van der Waals surface area contributed by atoms with Crippen LogP contribution in [0.4, 0.5) is 0 Å². The van der Waals surface area contributed by atoms with Crippen molar-refractivity contribution >= 4 is 35.6 Å². The Hall–Kier alpha value is -2.87. The Morgan fingerprint density at radius 3 is 1.12 bits per heavy atom. The first-order valence-electron chi connectivity index (χ1n) is 19.5. The highest BCUT2D eigenvalue weighted by Crippen LogP contribution is 2.29. The molecule has 1 N–H and O–H groups in total. The molecule has 0 heterocycles. The Kier molecular flexibility index (Phi) is 38.2. The van der Waals surface area contributed by atoms with E-state index in [4.69, 9.17) is 19.4 Å². The SMILES string of the molecule is CC.CC.CC(C)[C@H](CC(=O)CC1CCCCC1)C(=O)O.COC(=O)[C@@H](C)C(C)C.COC(=O)[C@@H](CC(=O)CC1CCCCC1)C(C)C.O=C=O. The third-order valence-electron chi connectivity index (χ3n) is 9.38. The molecule has 0 saturated heterocycles. The zero-order valence-electron chi connectivity index (χ0n) is 34.6. The first-order valence-corrected chi connectivity index (χ1v) is 19.5. The molecule has 0 unspecified atom stereocenters. The number of methoxy groups -OCH3 is 2. The van der Waals surface area contributed by atoms with E-state index in [1.165, 1.54) is 65.6 Å². The van der Waals surface area contributed by atoms with Crippen molar-refractivity contribution in [1.29, 1.82) is 0 Å². The molecule has 0 spiro atoms. The molecule has 0 radical (unpaired) electrons. The molecule has 2 rings (SSSR count). The Balaban J connectivity index is -0.000000310. The number of carbonyl (C=O) groups is 5. The second-order valence-electron chi connectivity index (χ2n) is 14.1. The summed E-state index contributed by atoms with van der Waals surface area (Å²) in [7, 11) is 2.81. The topological polar surface area (TPSA) is 158 Å². The van der Waals surface area contributed by atoms with E-state index in [0.29, 0.717) is 37.0 Å². The average molecular weight is 729 g/mol. The Morgan fingerprint density at radius 1 is 0.569 bits per heavy atom. The van der Waals surface area contributed by atoms with Crippen LogP contribution in [0.2, 0.25) is 0 Å². The van der Waals surface area contributed by atoms with Gasteiger partial charge in [-0.05, 0) is 29.6 Å². The molecule has 0 aromatic heterocycles. The number of aliphatic carboxylic acids is 1. The van der Waals surface area contributed by atoms with Gasteiger partial charge in [-0.15, -0.1) is 0 Å². The molecule has 300 valence electrons. The molecule has 2 aliphatic rings. The zero-order valence-corrected chi connectivity index (χ0v) is 34.6. The van der Waals surface area contributed by atoms with Crippen LogP contribution < -0.4 is 0 Å². The normalized spacial score (nSPS) is 15.8.